The number of hydrogen-bond acceptors (Lipinski definition) is 3. The van der Waals surface area contributed by atoms with Crippen molar-refractivity contribution in [2.75, 3.05) is 26.2 Å². The molecule has 0 aromatic heterocycles. The average Bonchev–Trinajstić information content (AvgIpc) is 2.41. The van der Waals surface area contributed by atoms with Crippen LogP contribution in [0.1, 0.15) is 38.2 Å². The molecule has 19 heavy (non-hydrogen) atoms. The minimum atomic E-state index is 0.390. The number of piperidine rings is 1. The molecule has 0 spiro atoms. The summed E-state index contributed by atoms with van der Waals surface area (Å²) in [6.07, 6.45) is 1.40. The summed E-state index contributed by atoms with van der Waals surface area (Å²) in [4.78, 5) is 13.4. The lowest BCUT2D eigenvalue weighted by atomic mass is 10.0. The van der Waals surface area contributed by atoms with Gasteiger partial charge in [-0.05, 0) is 23.6 Å². The third-order valence-corrected chi connectivity index (χ3v) is 3.64. The zero-order valence-corrected chi connectivity index (χ0v) is 11.9. The van der Waals surface area contributed by atoms with Crippen LogP contribution in [-0.2, 0) is 4.79 Å². The lowest BCUT2D eigenvalue weighted by molar-refractivity contribution is -0.121. The van der Waals surface area contributed by atoms with Crippen LogP contribution in [0.25, 0.3) is 0 Å². The van der Waals surface area contributed by atoms with E-state index < -0.39 is 0 Å². The van der Waals surface area contributed by atoms with E-state index in [1.807, 2.05) is 12.1 Å². The van der Waals surface area contributed by atoms with E-state index in [-0.39, 0.29) is 0 Å². The molecule has 1 aliphatic heterocycles. The second-order valence-corrected chi connectivity index (χ2v) is 5.45. The molecule has 0 bridgehead atoms. The quantitative estimate of drug-likeness (QED) is 0.816. The minimum Gasteiger partial charge on any atom is -0.492 e. The fraction of sp³-hybridized carbons (Fsp3) is 0.562. The molecule has 1 aliphatic rings. The van der Waals surface area contributed by atoms with Gasteiger partial charge in [0.1, 0.15) is 18.1 Å². The Morgan fingerprint density at radius 1 is 1.16 bits per heavy atom. The average molecular weight is 261 g/mol. The summed E-state index contributed by atoms with van der Waals surface area (Å²) < 4.78 is 5.74. The van der Waals surface area contributed by atoms with E-state index in [9.17, 15) is 4.79 Å². The monoisotopic (exact) mass is 261 g/mol. The molecule has 2 rings (SSSR count). The van der Waals surface area contributed by atoms with Gasteiger partial charge in [0.2, 0.25) is 0 Å². The second-order valence-electron chi connectivity index (χ2n) is 5.45. The minimum absolute atomic E-state index is 0.390. The Labute approximate surface area is 115 Å². The molecule has 1 aromatic rings. The van der Waals surface area contributed by atoms with Crippen molar-refractivity contribution in [2.45, 2.75) is 32.6 Å². The van der Waals surface area contributed by atoms with E-state index >= 15 is 0 Å². The maximum atomic E-state index is 11.1. The van der Waals surface area contributed by atoms with Gasteiger partial charge in [-0.3, -0.25) is 9.69 Å². The van der Waals surface area contributed by atoms with Gasteiger partial charge in [-0.2, -0.15) is 0 Å². The fourth-order valence-corrected chi connectivity index (χ4v) is 2.27. The number of Topliss-reactive ketones (excluding diaryl/α,β-unsaturated/α-hetero) is 1. The van der Waals surface area contributed by atoms with Crippen LogP contribution in [0.3, 0.4) is 0 Å². The summed E-state index contributed by atoms with van der Waals surface area (Å²) in [6.45, 7) is 7.73. The Kier molecular flexibility index (Phi) is 4.97. The number of ketones is 1. The molecule has 0 aliphatic carbocycles. The van der Waals surface area contributed by atoms with Crippen LogP contribution >= 0.6 is 0 Å². The summed E-state index contributed by atoms with van der Waals surface area (Å²) >= 11 is 0. The highest BCUT2D eigenvalue weighted by Crippen LogP contribution is 2.18. The largest absolute Gasteiger partial charge is 0.492 e. The van der Waals surface area contributed by atoms with Crippen molar-refractivity contribution < 1.29 is 9.53 Å². The lowest BCUT2D eigenvalue weighted by Gasteiger charge is -2.25. The molecule has 0 radical (unpaired) electrons. The molecule has 0 unspecified atom stereocenters. The van der Waals surface area contributed by atoms with Crippen LogP contribution in [0.4, 0.5) is 0 Å². The van der Waals surface area contributed by atoms with Crippen molar-refractivity contribution in [1.29, 1.82) is 0 Å². The van der Waals surface area contributed by atoms with Gasteiger partial charge >= 0.3 is 0 Å². The highest BCUT2D eigenvalue weighted by atomic mass is 16.5. The Balaban J connectivity index is 1.72. The van der Waals surface area contributed by atoms with E-state index in [4.69, 9.17) is 4.74 Å². The zero-order chi connectivity index (χ0) is 13.7. The predicted octanol–water partition coefficient (Wildman–Crippen LogP) is 2.85. The summed E-state index contributed by atoms with van der Waals surface area (Å²) in [6, 6.07) is 8.32. The molecule has 0 atom stereocenters. The van der Waals surface area contributed by atoms with Crippen LogP contribution in [0.2, 0.25) is 0 Å². The van der Waals surface area contributed by atoms with Crippen LogP contribution in [0, 0.1) is 0 Å². The van der Waals surface area contributed by atoms with Crippen molar-refractivity contribution in [1.82, 2.24) is 4.90 Å². The summed E-state index contributed by atoms with van der Waals surface area (Å²) in [7, 11) is 0. The summed E-state index contributed by atoms with van der Waals surface area (Å²) in [5.41, 5.74) is 1.34. The zero-order valence-electron chi connectivity index (χ0n) is 11.9. The molecular formula is C16H23NO2. The van der Waals surface area contributed by atoms with Gasteiger partial charge in [0.25, 0.3) is 0 Å². The first-order valence-electron chi connectivity index (χ1n) is 7.12. The Morgan fingerprint density at radius 3 is 2.37 bits per heavy atom. The van der Waals surface area contributed by atoms with E-state index in [2.05, 4.69) is 30.9 Å². The van der Waals surface area contributed by atoms with Crippen molar-refractivity contribution >= 4 is 5.78 Å². The molecule has 1 heterocycles. The number of hydrogen-bond donors (Lipinski definition) is 0. The van der Waals surface area contributed by atoms with Gasteiger partial charge in [-0.25, -0.2) is 0 Å². The van der Waals surface area contributed by atoms with Crippen molar-refractivity contribution in [2.24, 2.45) is 0 Å². The number of rotatable bonds is 5. The third kappa shape index (κ3) is 4.35. The molecule has 0 amide bonds. The molecule has 0 saturated carbocycles. The predicted molar refractivity (Wildman–Crippen MR) is 76.7 cm³/mol. The first kappa shape index (κ1) is 14.1. The standard InChI is InChI=1S/C16H23NO2/c1-13(2)14-3-5-16(6-4-14)19-12-11-17-9-7-15(18)8-10-17/h3-6,13H,7-12H2,1-2H3. The number of ether oxygens (including phenoxy) is 1. The number of carbonyl (C=O) groups is 1. The maximum Gasteiger partial charge on any atom is 0.135 e. The Bertz CT molecular complexity index is 401. The van der Waals surface area contributed by atoms with Gasteiger partial charge in [-0.1, -0.05) is 26.0 Å². The van der Waals surface area contributed by atoms with E-state index in [0.29, 0.717) is 31.1 Å². The number of nitrogens with zero attached hydrogens (tertiary/aromatic N) is 1. The molecule has 1 saturated heterocycles. The highest BCUT2D eigenvalue weighted by molar-refractivity contribution is 5.79. The molecular weight excluding hydrogens is 238 g/mol. The molecule has 3 heteroatoms. The number of benzene rings is 1. The van der Waals surface area contributed by atoms with Crippen LogP contribution in [0.5, 0.6) is 5.75 Å². The molecule has 104 valence electrons. The summed E-state index contributed by atoms with van der Waals surface area (Å²) in [5.74, 6) is 1.87. The first-order valence-corrected chi connectivity index (χ1v) is 7.12. The molecule has 0 N–H and O–H groups in total. The molecule has 1 aromatic carbocycles. The van der Waals surface area contributed by atoms with Gasteiger partial charge in [-0.15, -0.1) is 0 Å². The highest BCUT2D eigenvalue weighted by Gasteiger charge is 2.15. The Morgan fingerprint density at radius 2 is 1.79 bits per heavy atom. The number of likely N-dealkylation sites (tertiary alicyclic amines) is 1. The van der Waals surface area contributed by atoms with Gasteiger partial charge in [0, 0.05) is 32.5 Å². The first-order chi connectivity index (χ1) is 9.15. The normalized spacial score (nSPS) is 16.9. The van der Waals surface area contributed by atoms with Crippen LogP contribution in [-0.4, -0.2) is 36.9 Å². The van der Waals surface area contributed by atoms with Crippen molar-refractivity contribution in [3.63, 3.8) is 0 Å². The van der Waals surface area contributed by atoms with Crippen molar-refractivity contribution in [3.8, 4) is 5.75 Å². The maximum absolute atomic E-state index is 11.1. The van der Waals surface area contributed by atoms with Crippen molar-refractivity contribution in [3.05, 3.63) is 29.8 Å². The fourth-order valence-electron chi connectivity index (χ4n) is 2.27. The van der Waals surface area contributed by atoms with Gasteiger partial charge in [0.05, 0.1) is 0 Å². The SMILES string of the molecule is CC(C)c1ccc(OCCN2CCC(=O)CC2)cc1. The molecule has 1 fully saturated rings. The van der Waals surface area contributed by atoms with E-state index in [1.165, 1.54) is 5.56 Å². The van der Waals surface area contributed by atoms with Crippen LogP contribution < -0.4 is 4.74 Å². The third-order valence-electron chi connectivity index (χ3n) is 3.64. The smallest absolute Gasteiger partial charge is 0.135 e. The second kappa shape index (κ2) is 6.71. The van der Waals surface area contributed by atoms with Crippen LogP contribution in [0.15, 0.2) is 24.3 Å². The number of carbonyl (C=O) groups excluding carboxylic acids is 1. The van der Waals surface area contributed by atoms with Gasteiger partial charge < -0.3 is 4.74 Å². The Hall–Kier alpha value is -1.35. The lowest BCUT2D eigenvalue weighted by Crippen LogP contribution is -2.36. The topological polar surface area (TPSA) is 29.5 Å². The van der Waals surface area contributed by atoms with Gasteiger partial charge in [0.15, 0.2) is 0 Å². The van der Waals surface area contributed by atoms with E-state index in [0.717, 1.165) is 25.4 Å². The molecule has 3 nitrogen and oxygen atoms in total. The summed E-state index contributed by atoms with van der Waals surface area (Å²) in [5, 5.41) is 0. The van der Waals surface area contributed by atoms with E-state index in [1.54, 1.807) is 0 Å².